The van der Waals surface area contributed by atoms with E-state index in [1.165, 1.54) is 12.5 Å². The van der Waals surface area contributed by atoms with Crippen molar-refractivity contribution >= 4 is 5.91 Å². The molecule has 0 aliphatic heterocycles. The number of aromatic nitrogens is 2. The van der Waals surface area contributed by atoms with Crippen LogP contribution >= 0.6 is 0 Å². The molecule has 6 nitrogen and oxygen atoms in total. The highest BCUT2D eigenvalue weighted by atomic mass is 16.2. The Hall–Kier alpha value is -1.85. The highest BCUT2D eigenvalue weighted by molar-refractivity contribution is 5.75. The predicted molar refractivity (Wildman–Crippen MR) is 75.5 cm³/mol. The molecule has 110 valence electrons. The fourth-order valence-electron chi connectivity index (χ4n) is 2.86. The van der Waals surface area contributed by atoms with Gasteiger partial charge in [-0.1, -0.05) is 26.2 Å². The van der Waals surface area contributed by atoms with E-state index < -0.39 is 0 Å². The molecular weight excluding hydrogens is 258 g/mol. The third-order valence-electron chi connectivity index (χ3n) is 3.97. The van der Waals surface area contributed by atoms with E-state index in [0.29, 0.717) is 5.92 Å². The van der Waals surface area contributed by atoms with Gasteiger partial charge in [0.05, 0.1) is 0 Å². The first kappa shape index (κ1) is 14.6. The molecule has 20 heavy (non-hydrogen) atoms. The van der Waals surface area contributed by atoms with Crippen LogP contribution in [0.3, 0.4) is 0 Å². The van der Waals surface area contributed by atoms with Gasteiger partial charge in [0.1, 0.15) is 6.54 Å². The molecular formula is C14H21N3O3. The molecule has 1 heterocycles. The molecule has 2 unspecified atom stereocenters. The van der Waals surface area contributed by atoms with Crippen molar-refractivity contribution in [2.75, 3.05) is 0 Å². The second-order valence-corrected chi connectivity index (χ2v) is 5.36. The summed E-state index contributed by atoms with van der Waals surface area (Å²) in [4.78, 5) is 34.7. The summed E-state index contributed by atoms with van der Waals surface area (Å²) < 4.78 is 1.04. The first-order chi connectivity index (χ1) is 9.60. The topological polar surface area (TPSA) is 84.0 Å². The number of nitrogens with zero attached hydrogens (tertiary/aromatic N) is 1. The van der Waals surface area contributed by atoms with E-state index >= 15 is 0 Å². The molecule has 0 saturated heterocycles. The van der Waals surface area contributed by atoms with Crippen LogP contribution in [0.1, 0.15) is 39.0 Å². The van der Waals surface area contributed by atoms with E-state index in [-0.39, 0.29) is 29.6 Å². The molecule has 2 atom stereocenters. The summed E-state index contributed by atoms with van der Waals surface area (Å²) in [6.45, 7) is 2.00. The molecule has 1 saturated carbocycles. The Morgan fingerprint density at radius 1 is 1.35 bits per heavy atom. The minimum Gasteiger partial charge on any atom is -0.351 e. The molecule has 1 aromatic rings. The summed E-state index contributed by atoms with van der Waals surface area (Å²) in [7, 11) is 0. The number of hydrogen-bond acceptors (Lipinski definition) is 3. The van der Waals surface area contributed by atoms with Crippen LogP contribution < -0.4 is 16.4 Å². The molecule has 6 heteroatoms. The second kappa shape index (κ2) is 6.54. The summed E-state index contributed by atoms with van der Waals surface area (Å²) in [5.74, 6) is 0.290. The van der Waals surface area contributed by atoms with Crippen LogP contribution in [0.25, 0.3) is 0 Å². The lowest BCUT2D eigenvalue weighted by Gasteiger charge is -2.31. The van der Waals surface area contributed by atoms with E-state index in [1.54, 1.807) is 0 Å². The summed E-state index contributed by atoms with van der Waals surface area (Å²) in [5.41, 5.74) is -0.767. The van der Waals surface area contributed by atoms with Crippen molar-refractivity contribution < 1.29 is 4.79 Å². The third-order valence-corrected chi connectivity index (χ3v) is 3.97. The molecule has 1 fully saturated rings. The monoisotopic (exact) mass is 279 g/mol. The molecule has 1 aliphatic rings. The number of carbonyl (C=O) groups excluding carboxylic acids is 1. The van der Waals surface area contributed by atoms with Crippen molar-refractivity contribution in [1.82, 2.24) is 15.1 Å². The van der Waals surface area contributed by atoms with Gasteiger partial charge in [-0.25, -0.2) is 4.68 Å². The van der Waals surface area contributed by atoms with Gasteiger partial charge in [-0.05, 0) is 18.8 Å². The highest BCUT2D eigenvalue weighted by Crippen LogP contribution is 2.26. The summed E-state index contributed by atoms with van der Waals surface area (Å²) in [5, 5.41) is 5.35. The smallest absolute Gasteiger partial charge is 0.265 e. The van der Waals surface area contributed by atoms with Crippen molar-refractivity contribution in [3.63, 3.8) is 0 Å². The minimum atomic E-state index is -0.387. The standard InChI is InChI=1S/C14H21N3O3/c1-2-10-5-3-4-6-11(10)15-13(19)9-17-14(20)8-7-12(18)16-17/h7-8,10-11H,2-6,9H2,1H3,(H,15,19)(H,16,18). The van der Waals surface area contributed by atoms with Crippen LogP contribution in [-0.4, -0.2) is 21.7 Å². The zero-order valence-electron chi connectivity index (χ0n) is 11.7. The van der Waals surface area contributed by atoms with Crippen molar-refractivity contribution in [1.29, 1.82) is 0 Å². The molecule has 1 aromatic heterocycles. The number of hydrogen-bond donors (Lipinski definition) is 2. The van der Waals surface area contributed by atoms with E-state index in [0.717, 1.165) is 36.4 Å². The number of rotatable bonds is 4. The SMILES string of the molecule is CCC1CCCCC1NC(=O)Cn1[nH]c(=O)ccc1=O. The fourth-order valence-corrected chi connectivity index (χ4v) is 2.86. The molecule has 1 aliphatic carbocycles. The number of aromatic amines is 1. The maximum absolute atomic E-state index is 12.0. The number of carbonyl (C=O) groups is 1. The van der Waals surface area contributed by atoms with Crippen molar-refractivity contribution in [2.45, 2.75) is 51.6 Å². The van der Waals surface area contributed by atoms with Crippen LogP contribution in [0.4, 0.5) is 0 Å². The number of amides is 1. The second-order valence-electron chi connectivity index (χ2n) is 5.36. The van der Waals surface area contributed by atoms with Gasteiger partial charge in [0.25, 0.3) is 11.1 Å². The average molecular weight is 279 g/mol. The largest absolute Gasteiger partial charge is 0.351 e. The molecule has 0 spiro atoms. The van der Waals surface area contributed by atoms with Gasteiger partial charge in [-0.15, -0.1) is 0 Å². The predicted octanol–water partition coefficient (Wildman–Crippen LogP) is 0.622. The minimum absolute atomic E-state index is 0.137. The van der Waals surface area contributed by atoms with Crippen molar-refractivity contribution in [2.24, 2.45) is 5.92 Å². The summed E-state index contributed by atoms with van der Waals surface area (Å²) >= 11 is 0. The van der Waals surface area contributed by atoms with E-state index in [4.69, 9.17) is 0 Å². The first-order valence-corrected chi connectivity index (χ1v) is 7.19. The quantitative estimate of drug-likeness (QED) is 0.847. The van der Waals surface area contributed by atoms with Crippen LogP contribution in [-0.2, 0) is 11.3 Å². The van der Waals surface area contributed by atoms with Gasteiger partial charge < -0.3 is 5.32 Å². The molecule has 2 rings (SSSR count). The van der Waals surface area contributed by atoms with Crippen molar-refractivity contribution in [3.05, 3.63) is 32.8 Å². The van der Waals surface area contributed by atoms with Gasteiger partial charge in [-0.2, -0.15) is 0 Å². The lowest BCUT2D eigenvalue weighted by Crippen LogP contribution is -2.44. The summed E-state index contributed by atoms with van der Waals surface area (Å²) in [6, 6.07) is 2.51. The fraction of sp³-hybridized carbons (Fsp3) is 0.643. The molecule has 2 N–H and O–H groups in total. The Bertz CT molecular complexity index is 576. The lowest BCUT2D eigenvalue weighted by atomic mass is 9.83. The molecule has 0 radical (unpaired) electrons. The van der Waals surface area contributed by atoms with Crippen LogP contribution in [0.5, 0.6) is 0 Å². The molecule has 1 amide bonds. The van der Waals surface area contributed by atoms with Gasteiger partial charge in [0.2, 0.25) is 5.91 Å². The molecule has 0 aromatic carbocycles. The van der Waals surface area contributed by atoms with Gasteiger partial charge >= 0.3 is 0 Å². The average Bonchev–Trinajstić information content (AvgIpc) is 2.43. The number of H-pyrrole nitrogens is 1. The normalized spacial score (nSPS) is 22.4. The first-order valence-electron chi connectivity index (χ1n) is 7.19. The molecule has 0 bridgehead atoms. The van der Waals surface area contributed by atoms with Crippen LogP contribution in [0, 0.1) is 5.92 Å². The van der Waals surface area contributed by atoms with Gasteiger partial charge in [-0.3, -0.25) is 19.5 Å². The van der Waals surface area contributed by atoms with Gasteiger partial charge in [0.15, 0.2) is 0 Å². The Kier molecular flexibility index (Phi) is 4.76. The van der Waals surface area contributed by atoms with Crippen molar-refractivity contribution in [3.8, 4) is 0 Å². The van der Waals surface area contributed by atoms with E-state index in [2.05, 4.69) is 17.3 Å². The maximum atomic E-state index is 12.0. The lowest BCUT2D eigenvalue weighted by molar-refractivity contribution is -0.123. The van der Waals surface area contributed by atoms with E-state index in [9.17, 15) is 14.4 Å². The van der Waals surface area contributed by atoms with Crippen LogP contribution in [0.2, 0.25) is 0 Å². The Morgan fingerprint density at radius 2 is 2.10 bits per heavy atom. The Morgan fingerprint density at radius 3 is 2.85 bits per heavy atom. The van der Waals surface area contributed by atoms with Gasteiger partial charge in [0, 0.05) is 18.2 Å². The maximum Gasteiger partial charge on any atom is 0.265 e. The zero-order chi connectivity index (χ0) is 14.5. The highest BCUT2D eigenvalue weighted by Gasteiger charge is 2.25. The Balaban J connectivity index is 1.99. The third kappa shape index (κ3) is 3.59. The Labute approximate surface area is 117 Å². The summed E-state index contributed by atoms with van der Waals surface area (Å²) in [6.07, 6.45) is 5.53. The van der Waals surface area contributed by atoms with E-state index in [1.807, 2.05) is 0 Å². The van der Waals surface area contributed by atoms with Crippen LogP contribution in [0.15, 0.2) is 21.7 Å². The number of nitrogens with one attached hydrogen (secondary N) is 2. The zero-order valence-corrected chi connectivity index (χ0v) is 11.7.